The summed E-state index contributed by atoms with van der Waals surface area (Å²) in [4.78, 5) is 14.1. The van der Waals surface area contributed by atoms with Crippen LogP contribution in [0.2, 0.25) is 0 Å². The van der Waals surface area contributed by atoms with Crippen molar-refractivity contribution in [2.24, 2.45) is 0 Å². The third-order valence-corrected chi connectivity index (χ3v) is 3.85. The number of carbonyl (C=O) groups excluding carboxylic acids is 1. The molecule has 2 rings (SSSR count). The van der Waals surface area contributed by atoms with Gasteiger partial charge < -0.3 is 14.4 Å². The number of rotatable bonds is 4. The van der Waals surface area contributed by atoms with Crippen LogP contribution in [0.5, 0.6) is 0 Å². The number of allylic oxidation sites excluding steroid dienone is 1. The van der Waals surface area contributed by atoms with E-state index in [0.717, 1.165) is 57.6 Å². The molecule has 0 spiro atoms. The number of carbonyl (C=O) groups is 1. The van der Waals surface area contributed by atoms with Gasteiger partial charge in [0, 0.05) is 25.3 Å². The summed E-state index contributed by atoms with van der Waals surface area (Å²) in [6.07, 6.45) is 6.39. The minimum atomic E-state index is 0.185. The van der Waals surface area contributed by atoms with Crippen molar-refractivity contribution in [2.45, 2.75) is 51.7 Å². The van der Waals surface area contributed by atoms with Crippen LogP contribution >= 0.6 is 0 Å². The van der Waals surface area contributed by atoms with Gasteiger partial charge >= 0.3 is 0 Å². The Hall–Kier alpha value is -0.870. The first-order chi connectivity index (χ1) is 9.20. The van der Waals surface area contributed by atoms with Gasteiger partial charge in [-0.25, -0.2) is 0 Å². The van der Waals surface area contributed by atoms with Gasteiger partial charge in [-0.15, -0.1) is 0 Å². The minimum absolute atomic E-state index is 0.185. The molecule has 0 radical (unpaired) electrons. The summed E-state index contributed by atoms with van der Waals surface area (Å²) < 4.78 is 11.3. The van der Waals surface area contributed by atoms with Gasteiger partial charge in [-0.2, -0.15) is 0 Å². The van der Waals surface area contributed by atoms with Crippen LogP contribution in [0.4, 0.5) is 0 Å². The summed E-state index contributed by atoms with van der Waals surface area (Å²) in [6, 6.07) is 0. The Morgan fingerprint density at radius 2 is 2.05 bits per heavy atom. The number of piperidine rings is 1. The lowest BCUT2D eigenvalue weighted by Gasteiger charge is -2.33. The fourth-order valence-electron chi connectivity index (χ4n) is 2.73. The summed E-state index contributed by atoms with van der Waals surface area (Å²) >= 11 is 0. The molecule has 2 fully saturated rings. The highest BCUT2D eigenvalue weighted by molar-refractivity contribution is 5.92. The molecular weight excluding hydrogens is 242 g/mol. The largest absolute Gasteiger partial charge is 0.379 e. The van der Waals surface area contributed by atoms with Crippen molar-refractivity contribution in [3.8, 4) is 0 Å². The van der Waals surface area contributed by atoms with Crippen molar-refractivity contribution in [1.82, 2.24) is 4.90 Å². The van der Waals surface area contributed by atoms with E-state index in [9.17, 15) is 4.79 Å². The molecule has 2 saturated heterocycles. The van der Waals surface area contributed by atoms with Crippen LogP contribution in [0.25, 0.3) is 0 Å². The Morgan fingerprint density at radius 1 is 1.32 bits per heavy atom. The molecule has 0 aromatic rings. The molecule has 0 saturated carbocycles. The van der Waals surface area contributed by atoms with Gasteiger partial charge in [-0.1, -0.05) is 13.0 Å². The van der Waals surface area contributed by atoms with Crippen LogP contribution in [-0.4, -0.2) is 49.3 Å². The standard InChI is InChI=1S/C15H25NO3/c1-3-4-12(2)15(17)16-8-5-13(6-9-16)19-14-7-10-18-11-14/h4,13-14H,3,5-11H2,1-2H3/b12-4-/t14-/m1/s1. The molecule has 2 aliphatic rings. The second-order valence-electron chi connectivity index (χ2n) is 5.41. The average Bonchev–Trinajstić information content (AvgIpc) is 2.92. The van der Waals surface area contributed by atoms with E-state index in [0.29, 0.717) is 6.10 Å². The summed E-state index contributed by atoms with van der Waals surface area (Å²) in [5.74, 6) is 0.185. The number of amides is 1. The van der Waals surface area contributed by atoms with Gasteiger partial charge in [-0.3, -0.25) is 4.79 Å². The monoisotopic (exact) mass is 267 g/mol. The molecule has 0 aliphatic carbocycles. The van der Waals surface area contributed by atoms with Gasteiger partial charge in [0.2, 0.25) is 5.91 Å². The summed E-state index contributed by atoms with van der Waals surface area (Å²) in [5, 5.41) is 0. The maximum Gasteiger partial charge on any atom is 0.249 e. The Labute approximate surface area is 115 Å². The van der Waals surface area contributed by atoms with Gasteiger partial charge in [0.25, 0.3) is 0 Å². The SMILES string of the molecule is CC/C=C(/C)C(=O)N1CCC(O[C@@H]2CCOC2)CC1. The van der Waals surface area contributed by atoms with Crippen LogP contribution in [0, 0.1) is 0 Å². The molecule has 0 unspecified atom stereocenters. The smallest absolute Gasteiger partial charge is 0.249 e. The van der Waals surface area contributed by atoms with Crippen LogP contribution in [0.1, 0.15) is 39.5 Å². The lowest BCUT2D eigenvalue weighted by molar-refractivity contribution is -0.130. The summed E-state index contributed by atoms with van der Waals surface area (Å²) in [5.41, 5.74) is 0.867. The maximum atomic E-state index is 12.1. The number of likely N-dealkylation sites (tertiary alicyclic amines) is 1. The predicted octanol–water partition coefficient (Wildman–Crippen LogP) is 2.14. The van der Waals surface area contributed by atoms with E-state index in [-0.39, 0.29) is 12.0 Å². The van der Waals surface area contributed by atoms with E-state index >= 15 is 0 Å². The molecule has 0 bridgehead atoms. The normalized spacial score (nSPS) is 25.9. The van der Waals surface area contributed by atoms with E-state index < -0.39 is 0 Å². The van der Waals surface area contributed by atoms with Crippen molar-refractivity contribution in [3.05, 3.63) is 11.6 Å². The van der Waals surface area contributed by atoms with Crippen molar-refractivity contribution < 1.29 is 14.3 Å². The average molecular weight is 267 g/mol. The van der Waals surface area contributed by atoms with Crippen LogP contribution in [0.3, 0.4) is 0 Å². The number of hydrogen-bond donors (Lipinski definition) is 0. The second-order valence-corrected chi connectivity index (χ2v) is 5.41. The van der Waals surface area contributed by atoms with Crippen molar-refractivity contribution in [3.63, 3.8) is 0 Å². The quantitative estimate of drug-likeness (QED) is 0.733. The van der Waals surface area contributed by atoms with Crippen LogP contribution in [-0.2, 0) is 14.3 Å². The molecular formula is C15H25NO3. The van der Waals surface area contributed by atoms with Crippen LogP contribution in [0.15, 0.2) is 11.6 Å². The van der Waals surface area contributed by atoms with Gasteiger partial charge in [0.1, 0.15) is 0 Å². The molecule has 2 aliphatic heterocycles. The third-order valence-electron chi connectivity index (χ3n) is 3.85. The Morgan fingerprint density at radius 3 is 2.63 bits per heavy atom. The Kier molecular flexibility index (Phi) is 5.40. The fraction of sp³-hybridized carbons (Fsp3) is 0.800. The first kappa shape index (κ1) is 14.5. The second kappa shape index (κ2) is 7.06. The molecule has 1 amide bonds. The number of hydrogen-bond acceptors (Lipinski definition) is 3. The van der Waals surface area contributed by atoms with E-state index in [2.05, 4.69) is 6.92 Å². The van der Waals surface area contributed by atoms with E-state index in [1.165, 1.54) is 0 Å². The topological polar surface area (TPSA) is 38.8 Å². The summed E-state index contributed by atoms with van der Waals surface area (Å²) in [7, 11) is 0. The van der Waals surface area contributed by atoms with Crippen molar-refractivity contribution in [1.29, 1.82) is 0 Å². The molecule has 108 valence electrons. The van der Waals surface area contributed by atoms with E-state index in [1.807, 2.05) is 17.9 Å². The molecule has 2 heterocycles. The molecule has 4 heteroatoms. The molecule has 0 N–H and O–H groups in total. The number of nitrogens with zero attached hydrogens (tertiary/aromatic N) is 1. The molecule has 4 nitrogen and oxygen atoms in total. The zero-order chi connectivity index (χ0) is 13.7. The predicted molar refractivity (Wildman–Crippen MR) is 74.0 cm³/mol. The van der Waals surface area contributed by atoms with Gasteiger partial charge in [-0.05, 0) is 32.6 Å². The Bertz CT molecular complexity index is 326. The lowest BCUT2D eigenvalue weighted by Crippen LogP contribution is -2.42. The van der Waals surface area contributed by atoms with Gasteiger partial charge in [0.15, 0.2) is 0 Å². The third kappa shape index (κ3) is 4.05. The highest BCUT2D eigenvalue weighted by Gasteiger charge is 2.27. The maximum absolute atomic E-state index is 12.1. The lowest BCUT2D eigenvalue weighted by atomic mass is 10.1. The first-order valence-corrected chi connectivity index (χ1v) is 7.40. The zero-order valence-electron chi connectivity index (χ0n) is 12.1. The molecule has 0 aromatic heterocycles. The fourth-order valence-corrected chi connectivity index (χ4v) is 2.73. The van der Waals surface area contributed by atoms with Crippen molar-refractivity contribution >= 4 is 5.91 Å². The highest BCUT2D eigenvalue weighted by atomic mass is 16.5. The van der Waals surface area contributed by atoms with E-state index in [4.69, 9.17) is 9.47 Å². The van der Waals surface area contributed by atoms with E-state index in [1.54, 1.807) is 0 Å². The summed E-state index contributed by atoms with van der Waals surface area (Å²) in [6.45, 7) is 7.14. The Balaban J connectivity index is 1.75. The van der Waals surface area contributed by atoms with Crippen LogP contribution < -0.4 is 0 Å². The highest BCUT2D eigenvalue weighted by Crippen LogP contribution is 2.20. The molecule has 19 heavy (non-hydrogen) atoms. The molecule has 1 atom stereocenters. The number of ether oxygens (including phenoxy) is 2. The minimum Gasteiger partial charge on any atom is -0.379 e. The zero-order valence-corrected chi connectivity index (χ0v) is 12.1. The molecule has 0 aromatic carbocycles. The van der Waals surface area contributed by atoms with Gasteiger partial charge in [0.05, 0.1) is 18.8 Å². The van der Waals surface area contributed by atoms with Crippen molar-refractivity contribution in [2.75, 3.05) is 26.3 Å². The first-order valence-electron chi connectivity index (χ1n) is 7.40.